The normalized spacial score (nSPS) is 37.0. The Morgan fingerprint density at radius 3 is 2.63 bits per heavy atom. The molecule has 5 nitrogen and oxygen atoms in total. The first-order valence-corrected chi connectivity index (χ1v) is 7.05. The molecule has 2 fully saturated rings. The third-order valence-corrected chi connectivity index (χ3v) is 5.41. The van der Waals surface area contributed by atoms with Crippen LogP contribution in [0.15, 0.2) is 0 Å². The van der Waals surface area contributed by atoms with Crippen LogP contribution in [0.25, 0.3) is 0 Å². The summed E-state index contributed by atoms with van der Waals surface area (Å²) in [5.41, 5.74) is -0.225. The largest absolute Gasteiger partial charge is 0.396 e. The molecule has 5 heteroatoms. The lowest BCUT2D eigenvalue weighted by atomic mass is 9.56. The molecule has 3 atom stereocenters. The number of aliphatic hydroxyl groups excluding tert-OH is 1. The molecular formula is C14H26N2O3. The molecule has 2 aliphatic rings. The van der Waals surface area contributed by atoms with Crippen molar-refractivity contribution in [2.45, 2.75) is 45.3 Å². The Morgan fingerprint density at radius 1 is 1.47 bits per heavy atom. The Kier molecular flexibility index (Phi) is 3.80. The molecule has 2 rings (SSSR count). The molecule has 0 aromatic rings. The number of ether oxygens (including phenoxy) is 1. The average molecular weight is 270 g/mol. The van der Waals surface area contributed by atoms with Gasteiger partial charge in [0.1, 0.15) is 0 Å². The van der Waals surface area contributed by atoms with Gasteiger partial charge in [-0.25, -0.2) is 4.79 Å². The van der Waals surface area contributed by atoms with Gasteiger partial charge < -0.3 is 20.1 Å². The molecule has 3 unspecified atom stereocenters. The van der Waals surface area contributed by atoms with Gasteiger partial charge in [-0.15, -0.1) is 0 Å². The van der Waals surface area contributed by atoms with Crippen molar-refractivity contribution in [1.82, 2.24) is 10.2 Å². The second-order valence-electron chi connectivity index (χ2n) is 6.65. The Labute approximate surface area is 115 Å². The van der Waals surface area contributed by atoms with Crippen LogP contribution in [-0.2, 0) is 4.74 Å². The maximum Gasteiger partial charge on any atom is 0.317 e. The standard InChI is InChI=1S/C14H26N2O3/c1-13(2)11(7-14(13,3)19-4)15-12(18)16-6-5-10(8-16)9-17/h10-11,17H,5-9H2,1-4H3,(H,15,18). The van der Waals surface area contributed by atoms with E-state index in [0.29, 0.717) is 6.54 Å². The van der Waals surface area contributed by atoms with E-state index in [1.807, 2.05) is 0 Å². The number of carbonyl (C=O) groups excluding carboxylic acids is 1. The van der Waals surface area contributed by atoms with Crippen molar-refractivity contribution in [2.75, 3.05) is 26.8 Å². The molecule has 0 bridgehead atoms. The van der Waals surface area contributed by atoms with Gasteiger partial charge in [0, 0.05) is 44.2 Å². The Morgan fingerprint density at radius 2 is 2.16 bits per heavy atom. The van der Waals surface area contributed by atoms with Gasteiger partial charge in [-0.2, -0.15) is 0 Å². The van der Waals surface area contributed by atoms with Gasteiger partial charge in [0.25, 0.3) is 0 Å². The molecule has 2 N–H and O–H groups in total. The summed E-state index contributed by atoms with van der Waals surface area (Å²) < 4.78 is 5.56. The van der Waals surface area contributed by atoms with Crippen molar-refractivity contribution in [3.8, 4) is 0 Å². The molecule has 110 valence electrons. The Bertz CT molecular complexity index is 359. The number of amides is 2. The quantitative estimate of drug-likeness (QED) is 0.810. The zero-order valence-corrected chi connectivity index (χ0v) is 12.4. The van der Waals surface area contributed by atoms with Crippen LogP contribution in [-0.4, -0.2) is 54.5 Å². The number of hydrogen-bond acceptors (Lipinski definition) is 3. The third-order valence-electron chi connectivity index (χ3n) is 5.41. The lowest BCUT2D eigenvalue weighted by Crippen LogP contribution is -2.69. The molecule has 1 saturated heterocycles. The number of urea groups is 1. The molecule has 0 radical (unpaired) electrons. The van der Waals surface area contributed by atoms with Crippen LogP contribution in [0.3, 0.4) is 0 Å². The summed E-state index contributed by atoms with van der Waals surface area (Å²) in [4.78, 5) is 14.0. The van der Waals surface area contributed by atoms with Crippen LogP contribution in [0.4, 0.5) is 4.79 Å². The molecule has 0 spiro atoms. The fraction of sp³-hybridized carbons (Fsp3) is 0.929. The minimum Gasteiger partial charge on any atom is -0.396 e. The topological polar surface area (TPSA) is 61.8 Å². The third kappa shape index (κ3) is 2.34. The van der Waals surface area contributed by atoms with Gasteiger partial charge >= 0.3 is 6.03 Å². The second-order valence-corrected chi connectivity index (χ2v) is 6.65. The van der Waals surface area contributed by atoms with Crippen LogP contribution in [0, 0.1) is 11.3 Å². The fourth-order valence-corrected chi connectivity index (χ4v) is 3.13. The van der Waals surface area contributed by atoms with Gasteiger partial charge in [-0.05, 0) is 19.8 Å². The SMILES string of the molecule is COC1(C)CC(NC(=O)N2CCC(CO)C2)C1(C)C. The highest BCUT2D eigenvalue weighted by Gasteiger charge is 2.58. The van der Waals surface area contributed by atoms with E-state index in [4.69, 9.17) is 9.84 Å². The highest BCUT2D eigenvalue weighted by atomic mass is 16.5. The highest BCUT2D eigenvalue weighted by Crippen LogP contribution is 2.51. The molecule has 1 heterocycles. The second kappa shape index (κ2) is 4.94. The van der Waals surface area contributed by atoms with E-state index in [1.165, 1.54) is 0 Å². The van der Waals surface area contributed by atoms with Crippen LogP contribution in [0.5, 0.6) is 0 Å². The minimum absolute atomic E-state index is 0.00724. The van der Waals surface area contributed by atoms with Crippen molar-refractivity contribution in [1.29, 1.82) is 0 Å². The number of methoxy groups -OCH3 is 1. The first-order valence-electron chi connectivity index (χ1n) is 7.05. The van der Waals surface area contributed by atoms with E-state index in [9.17, 15) is 4.79 Å². The molecule has 1 aliphatic carbocycles. The molecular weight excluding hydrogens is 244 g/mol. The first-order chi connectivity index (χ1) is 8.84. The first kappa shape index (κ1) is 14.6. The predicted molar refractivity (Wildman–Crippen MR) is 72.9 cm³/mol. The maximum atomic E-state index is 12.2. The van der Waals surface area contributed by atoms with Gasteiger partial charge in [0.05, 0.1) is 5.60 Å². The Balaban J connectivity index is 1.88. The number of nitrogens with zero attached hydrogens (tertiary/aromatic N) is 1. The smallest absolute Gasteiger partial charge is 0.317 e. The number of carbonyl (C=O) groups is 1. The number of likely N-dealkylation sites (tertiary alicyclic amines) is 1. The van der Waals surface area contributed by atoms with Crippen molar-refractivity contribution in [3.63, 3.8) is 0 Å². The lowest BCUT2D eigenvalue weighted by Gasteiger charge is -2.59. The molecule has 1 saturated carbocycles. The zero-order chi connectivity index (χ0) is 14.3. The van der Waals surface area contributed by atoms with Crippen molar-refractivity contribution in [3.05, 3.63) is 0 Å². The molecule has 0 aromatic carbocycles. The molecule has 0 aromatic heterocycles. The summed E-state index contributed by atoms with van der Waals surface area (Å²) in [7, 11) is 1.73. The maximum absolute atomic E-state index is 12.2. The summed E-state index contributed by atoms with van der Waals surface area (Å²) in [5, 5.41) is 12.2. The van der Waals surface area contributed by atoms with Crippen molar-refractivity contribution < 1.29 is 14.6 Å². The Hall–Kier alpha value is -0.810. The van der Waals surface area contributed by atoms with E-state index in [1.54, 1.807) is 12.0 Å². The van der Waals surface area contributed by atoms with E-state index < -0.39 is 0 Å². The molecule has 1 aliphatic heterocycles. The zero-order valence-electron chi connectivity index (χ0n) is 12.4. The monoisotopic (exact) mass is 270 g/mol. The van der Waals surface area contributed by atoms with Gasteiger partial charge in [0.15, 0.2) is 0 Å². The van der Waals surface area contributed by atoms with Crippen LogP contribution >= 0.6 is 0 Å². The van der Waals surface area contributed by atoms with Gasteiger partial charge in [-0.3, -0.25) is 0 Å². The van der Waals surface area contributed by atoms with Crippen LogP contribution in [0.2, 0.25) is 0 Å². The summed E-state index contributed by atoms with van der Waals surface area (Å²) in [5.74, 6) is 0.240. The highest BCUT2D eigenvalue weighted by molar-refractivity contribution is 5.75. The molecule has 19 heavy (non-hydrogen) atoms. The van der Waals surface area contributed by atoms with Crippen LogP contribution < -0.4 is 5.32 Å². The summed E-state index contributed by atoms with van der Waals surface area (Å²) in [6, 6.07) is 0.144. The number of rotatable bonds is 3. The number of nitrogens with one attached hydrogen (secondary N) is 1. The fourth-order valence-electron chi connectivity index (χ4n) is 3.13. The van der Waals surface area contributed by atoms with Gasteiger partial charge in [0.2, 0.25) is 0 Å². The summed E-state index contributed by atoms with van der Waals surface area (Å²) in [6.07, 6.45) is 1.74. The summed E-state index contributed by atoms with van der Waals surface area (Å²) in [6.45, 7) is 7.92. The lowest BCUT2D eigenvalue weighted by molar-refractivity contribution is -0.177. The average Bonchev–Trinajstić information content (AvgIpc) is 2.86. The molecule has 2 amide bonds. The van der Waals surface area contributed by atoms with Crippen molar-refractivity contribution >= 4 is 6.03 Å². The van der Waals surface area contributed by atoms with E-state index in [0.717, 1.165) is 19.4 Å². The van der Waals surface area contributed by atoms with Gasteiger partial charge in [-0.1, -0.05) is 13.8 Å². The number of aliphatic hydroxyl groups is 1. The van der Waals surface area contributed by atoms with Crippen LogP contribution in [0.1, 0.15) is 33.6 Å². The van der Waals surface area contributed by atoms with Crippen molar-refractivity contribution in [2.24, 2.45) is 11.3 Å². The minimum atomic E-state index is -0.163. The predicted octanol–water partition coefficient (Wildman–Crippen LogP) is 1.21. The summed E-state index contributed by atoms with van der Waals surface area (Å²) >= 11 is 0. The van der Waals surface area contributed by atoms with E-state index in [2.05, 4.69) is 26.1 Å². The van der Waals surface area contributed by atoms with E-state index in [-0.39, 0.29) is 35.6 Å². The number of hydrogen-bond donors (Lipinski definition) is 2. The van der Waals surface area contributed by atoms with E-state index >= 15 is 0 Å².